The van der Waals surface area contributed by atoms with E-state index >= 15 is 0 Å². The molecule has 1 aliphatic heterocycles. The van der Waals surface area contributed by atoms with Crippen LogP contribution in [0.2, 0.25) is 0 Å². The number of benzene rings is 3. The molecule has 0 saturated carbocycles. The van der Waals surface area contributed by atoms with Gasteiger partial charge in [-0.15, -0.1) is 0 Å². The minimum atomic E-state index is -0.580. The molecule has 7 nitrogen and oxygen atoms in total. The van der Waals surface area contributed by atoms with Crippen molar-refractivity contribution in [2.45, 2.75) is 25.1 Å². The van der Waals surface area contributed by atoms with Crippen molar-refractivity contribution in [1.82, 2.24) is 10.1 Å². The maximum atomic E-state index is 13.3. The summed E-state index contributed by atoms with van der Waals surface area (Å²) in [5.41, 5.74) is 2.65. The van der Waals surface area contributed by atoms with Gasteiger partial charge in [0.05, 0.1) is 13.6 Å². The average molecular weight is 470 g/mol. The first-order chi connectivity index (χ1) is 17.1. The molecule has 4 aromatic rings. The van der Waals surface area contributed by atoms with Crippen LogP contribution in [-0.4, -0.2) is 46.8 Å². The van der Waals surface area contributed by atoms with Crippen LogP contribution in [0.3, 0.4) is 0 Å². The number of esters is 1. The van der Waals surface area contributed by atoms with Crippen LogP contribution in [0.15, 0.2) is 95.5 Å². The lowest BCUT2D eigenvalue weighted by Gasteiger charge is -2.28. The first-order valence-electron chi connectivity index (χ1n) is 11.9. The lowest BCUT2D eigenvalue weighted by molar-refractivity contribution is -0.912. The molecule has 1 fully saturated rings. The van der Waals surface area contributed by atoms with Gasteiger partial charge < -0.3 is 19.1 Å². The normalized spacial score (nSPS) is 20.3. The first kappa shape index (κ1) is 22.8. The Morgan fingerprint density at radius 2 is 1.69 bits per heavy atom. The van der Waals surface area contributed by atoms with Crippen LogP contribution in [-0.2, 0) is 16.1 Å². The van der Waals surface area contributed by atoms with Gasteiger partial charge in [0, 0.05) is 17.7 Å². The number of hydrogen-bond donors (Lipinski definition) is 1. The Kier molecular flexibility index (Phi) is 6.59. The number of likely N-dealkylation sites (tertiary alicyclic amines) is 1. The van der Waals surface area contributed by atoms with Crippen LogP contribution in [0, 0.1) is 0 Å². The molecule has 3 aromatic carbocycles. The highest BCUT2D eigenvalue weighted by atomic mass is 16.5. The number of rotatable bonds is 8. The molecule has 1 aromatic heterocycles. The van der Waals surface area contributed by atoms with E-state index < -0.39 is 6.04 Å². The molecule has 3 atom stereocenters. The van der Waals surface area contributed by atoms with Gasteiger partial charge in [-0.2, -0.15) is 4.98 Å². The highest BCUT2D eigenvalue weighted by Gasteiger charge is 2.39. The molecule has 2 heterocycles. The molecule has 35 heavy (non-hydrogen) atoms. The predicted molar refractivity (Wildman–Crippen MR) is 133 cm³/mol. The topological polar surface area (TPSA) is 77.2 Å². The van der Waals surface area contributed by atoms with Crippen molar-refractivity contribution in [2.75, 3.05) is 25.5 Å². The molecule has 7 heteroatoms. The summed E-state index contributed by atoms with van der Waals surface area (Å²) in [7, 11) is 2.14. The summed E-state index contributed by atoms with van der Waals surface area (Å²) >= 11 is 0. The zero-order valence-electron chi connectivity index (χ0n) is 19.7. The molecule has 5 rings (SSSR count). The highest BCUT2D eigenvalue weighted by molar-refractivity contribution is 5.81. The summed E-state index contributed by atoms with van der Waals surface area (Å²) < 4.78 is 12.2. The van der Waals surface area contributed by atoms with Gasteiger partial charge in [-0.3, -0.25) is 0 Å². The Morgan fingerprint density at radius 1 is 1.03 bits per heavy atom. The van der Waals surface area contributed by atoms with E-state index in [0.29, 0.717) is 29.3 Å². The fourth-order valence-corrected chi connectivity index (χ4v) is 4.58. The van der Waals surface area contributed by atoms with E-state index in [1.54, 1.807) is 0 Å². The van der Waals surface area contributed by atoms with Crippen LogP contribution in [0.4, 0.5) is 5.69 Å². The summed E-state index contributed by atoms with van der Waals surface area (Å²) in [4.78, 5) is 17.9. The van der Waals surface area contributed by atoms with Crippen molar-refractivity contribution in [3.63, 3.8) is 0 Å². The third kappa shape index (κ3) is 5.58. The average Bonchev–Trinajstić information content (AvgIpc) is 3.50. The fraction of sp³-hybridized carbons (Fsp3) is 0.250. The second-order valence-corrected chi connectivity index (χ2v) is 9.27. The number of anilines is 1. The number of hydrogen-bond acceptors (Lipinski definition) is 6. The zero-order chi connectivity index (χ0) is 24.1. The number of nitrogens with zero attached hydrogens (tertiary/aromatic N) is 3. The third-order valence-electron chi connectivity index (χ3n) is 6.38. The molecule has 1 saturated heterocycles. The van der Waals surface area contributed by atoms with Crippen molar-refractivity contribution in [1.29, 1.82) is 0 Å². The second-order valence-electron chi connectivity index (χ2n) is 9.27. The highest BCUT2D eigenvalue weighted by Crippen LogP contribution is 2.27. The third-order valence-corrected chi connectivity index (χ3v) is 6.38. The molecular formula is C28H29N4O3+. The molecule has 178 valence electrons. The summed E-state index contributed by atoms with van der Waals surface area (Å²) in [5, 5.41) is 7.52. The van der Waals surface area contributed by atoms with Crippen molar-refractivity contribution in [3.8, 4) is 11.5 Å². The summed E-state index contributed by atoms with van der Waals surface area (Å²) in [6.07, 6.45) is 0.621. The number of aromatic nitrogens is 2. The monoisotopic (exact) mass is 469 g/mol. The van der Waals surface area contributed by atoms with Crippen molar-refractivity contribution < 1.29 is 18.5 Å². The minimum Gasteiger partial charge on any atom is -0.454 e. The van der Waals surface area contributed by atoms with E-state index in [-0.39, 0.29) is 12.1 Å². The number of carbonyl (C=O) groups is 1. The van der Waals surface area contributed by atoms with E-state index in [1.807, 2.05) is 91.0 Å². The number of ether oxygens (including phenoxy) is 1. The predicted octanol–water partition coefficient (Wildman–Crippen LogP) is 4.85. The number of quaternary nitrogens is 1. The van der Waals surface area contributed by atoms with Crippen LogP contribution >= 0.6 is 0 Å². The zero-order valence-corrected chi connectivity index (χ0v) is 19.7. The molecule has 2 unspecified atom stereocenters. The van der Waals surface area contributed by atoms with Gasteiger partial charge in [0.25, 0.3) is 5.89 Å². The Hall–Kier alpha value is -3.97. The lowest BCUT2D eigenvalue weighted by Crippen LogP contribution is -2.42. The van der Waals surface area contributed by atoms with E-state index in [2.05, 4.69) is 22.5 Å². The van der Waals surface area contributed by atoms with Crippen LogP contribution in [0.5, 0.6) is 0 Å². The molecule has 0 bridgehead atoms. The smallest absolute Gasteiger partial charge is 0.333 e. The van der Waals surface area contributed by atoms with Gasteiger partial charge in [0.15, 0.2) is 12.1 Å². The van der Waals surface area contributed by atoms with E-state index in [1.165, 1.54) is 0 Å². The Bertz CT molecular complexity index is 1250. The maximum Gasteiger partial charge on any atom is 0.333 e. The van der Waals surface area contributed by atoms with Gasteiger partial charge >= 0.3 is 5.97 Å². The van der Waals surface area contributed by atoms with Gasteiger partial charge in [-0.1, -0.05) is 71.9 Å². The number of para-hydroxylation sites is 1. The minimum absolute atomic E-state index is 0.170. The number of nitrogens with one attached hydrogen (secondary N) is 1. The molecule has 0 spiro atoms. The largest absolute Gasteiger partial charge is 0.454 e. The molecule has 0 amide bonds. The molecular weight excluding hydrogens is 440 g/mol. The SMILES string of the molecule is C[N+]1(Cc2noc(-c3ccccc3)n2)CC[C@@H](OC(=O)C(Nc2ccccc2)c2ccccc2)C1. The summed E-state index contributed by atoms with van der Waals surface area (Å²) in [6.45, 7) is 2.19. The van der Waals surface area contributed by atoms with Crippen molar-refractivity contribution in [2.24, 2.45) is 0 Å². The summed E-state index contributed by atoms with van der Waals surface area (Å²) in [6, 6.07) is 28.6. The fourth-order valence-electron chi connectivity index (χ4n) is 4.58. The van der Waals surface area contributed by atoms with Gasteiger partial charge in [-0.05, 0) is 29.8 Å². The maximum absolute atomic E-state index is 13.3. The van der Waals surface area contributed by atoms with Gasteiger partial charge in [-0.25, -0.2) is 4.79 Å². The molecule has 1 N–H and O–H groups in total. The van der Waals surface area contributed by atoms with E-state index in [4.69, 9.17) is 9.26 Å². The Balaban J connectivity index is 1.24. The Labute approximate surface area is 204 Å². The Morgan fingerprint density at radius 3 is 2.40 bits per heavy atom. The first-order valence-corrected chi connectivity index (χ1v) is 11.9. The van der Waals surface area contributed by atoms with Crippen LogP contribution < -0.4 is 5.32 Å². The molecule has 1 aliphatic rings. The number of carbonyl (C=O) groups excluding carboxylic acids is 1. The van der Waals surface area contributed by atoms with Crippen molar-refractivity contribution in [3.05, 3.63) is 102 Å². The number of likely N-dealkylation sites (N-methyl/N-ethyl adjacent to an activating group) is 1. The quantitative estimate of drug-likeness (QED) is 0.294. The standard InChI is InChI=1S/C28H29N4O3/c1-32(20-25-30-27(35-31-25)22-13-7-3-8-14-22)18-17-24(19-32)34-28(33)26(21-11-5-2-6-12-21)29-23-15-9-4-10-16-23/h2-16,24,26,29H,17-20H2,1H3/q+1/t24-,26?,32?/m1/s1. The summed E-state index contributed by atoms with van der Waals surface area (Å²) in [5.74, 6) is 0.905. The van der Waals surface area contributed by atoms with Gasteiger partial charge in [0.1, 0.15) is 13.1 Å². The second kappa shape index (κ2) is 10.1. The van der Waals surface area contributed by atoms with E-state index in [0.717, 1.165) is 29.8 Å². The lowest BCUT2D eigenvalue weighted by atomic mass is 10.1. The van der Waals surface area contributed by atoms with E-state index in [9.17, 15) is 4.79 Å². The van der Waals surface area contributed by atoms with Crippen LogP contribution in [0.1, 0.15) is 23.9 Å². The van der Waals surface area contributed by atoms with Gasteiger partial charge in [0.2, 0.25) is 5.82 Å². The molecule has 0 radical (unpaired) electrons. The van der Waals surface area contributed by atoms with Crippen molar-refractivity contribution >= 4 is 11.7 Å². The van der Waals surface area contributed by atoms with Crippen LogP contribution in [0.25, 0.3) is 11.5 Å². The molecule has 0 aliphatic carbocycles.